The first-order valence-electron chi connectivity index (χ1n) is 13.4. The van der Waals surface area contributed by atoms with Gasteiger partial charge in [0.1, 0.15) is 5.56 Å². The maximum Gasteiger partial charge on any atom is 0.421 e. The van der Waals surface area contributed by atoms with E-state index in [1.165, 1.54) is 29.4 Å². The number of amides is 1. The lowest BCUT2D eigenvalue weighted by Gasteiger charge is -2.34. The SMILES string of the molecule is CC1CCC(C(=O)N(c2cc(F)c(Oc3ncc(C(=O)c4cccnc4)cc3C(F)(F)F)cc2C(=O)O)C(C)C)CC1. The van der Waals surface area contributed by atoms with Crippen LogP contribution in [0.1, 0.15) is 78.3 Å². The van der Waals surface area contributed by atoms with Gasteiger partial charge in [-0.25, -0.2) is 14.2 Å². The van der Waals surface area contributed by atoms with Crippen LogP contribution in [0.15, 0.2) is 48.9 Å². The molecule has 0 aliphatic heterocycles. The van der Waals surface area contributed by atoms with Gasteiger partial charge < -0.3 is 14.7 Å². The number of aromatic carboxylic acids is 1. The number of pyridine rings is 2. The molecule has 8 nitrogen and oxygen atoms in total. The Balaban J connectivity index is 1.72. The van der Waals surface area contributed by atoms with Crippen molar-refractivity contribution in [2.45, 2.75) is 58.7 Å². The minimum Gasteiger partial charge on any atom is -0.478 e. The summed E-state index contributed by atoms with van der Waals surface area (Å²) >= 11 is 0. The molecule has 2 aromatic heterocycles. The highest BCUT2D eigenvalue weighted by atomic mass is 19.4. The molecule has 3 aromatic rings. The zero-order valence-electron chi connectivity index (χ0n) is 23.1. The lowest BCUT2D eigenvalue weighted by Crippen LogP contribution is -2.43. The molecule has 0 saturated heterocycles. The molecular formula is C30H29F4N3O5. The van der Waals surface area contributed by atoms with Gasteiger partial charge in [-0.2, -0.15) is 13.2 Å². The number of rotatable bonds is 8. The predicted octanol–water partition coefficient (Wildman–Crippen LogP) is 6.92. The van der Waals surface area contributed by atoms with E-state index in [-0.39, 0.29) is 23.1 Å². The van der Waals surface area contributed by atoms with Crippen LogP contribution in [-0.2, 0) is 11.0 Å². The average Bonchev–Trinajstić information content (AvgIpc) is 2.94. The van der Waals surface area contributed by atoms with Crippen LogP contribution in [0.5, 0.6) is 11.6 Å². The molecule has 0 atom stereocenters. The molecule has 1 saturated carbocycles. The van der Waals surface area contributed by atoms with Gasteiger partial charge in [0.05, 0.1) is 11.3 Å². The highest BCUT2D eigenvalue weighted by Gasteiger charge is 2.38. The van der Waals surface area contributed by atoms with E-state index in [0.717, 1.165) is 31.2 Å². The summed E-state index contributed by atoms with van der Waals surface area (Å²) in [5.74, 6) is -5.68. The smallest absolute Gasteiger partial charge is 0.421 e. The third-order valence-corrected chi connectivity index (χ3v) is 7.21. The Morgan fingerprint density at radius 2 is 1.74 bits per heavy atom. The van der Waals surface area contributed by atoms with Gasteiger partial charge in [-0.05, 0) is 63.6 Å². The lowest BCUT2D eigenvalue weighted by molar-refractivity contribution is -0.139. The standard InChI is InChI=1S/C30H29F4N3O5/c1-16(2)37(28(39)18-8-6-17(3)7-9-18)24-13-23(31)25(12-21(24)29(40)41)42-27-22(30(32,33)34)11-20(15-36-27)26(38)19-5-4-10-35-14-19/h4-5,10-18H,6-9H2,1-3H3,(H,40,41). The first-order chi connectivity index (χ1) is 19.8. The van der Waals surface area contributed by atoms with Crippen LogP contribution in [-0.4, -0.2) is 38.8 Å². The second-order valence-electron chi connectivity index (χ2n) is 10.6. The Morgan fingerprint density at radius 3 is 2.31 bits per heavy atom. The number of halogens is 4. The van der Waals surface area contributed by atoms with Gasteiger partial charge in [-0.1, -0.05) is 6.92 Å². The zero-order valence-corrected chi connectivity index (χ0v) is 23.1. The highest BCUT2D eigenvalue weighted by Crippen LogP contribution is 2.40. The van der Waals surface area contributed by atoms with E-state index in [1.807, 2.05) is 0 Å². The van der Waals surface area contributed by atoms with Crippen LogP contribution >= 0.6 is 0 Å². The number of hydrogen-bond acceptors (Lipinski definition) is 6. The van der Waals surface area contributed by atoms with Crippen molar-refractivity contribution in [3.63, 3.8) is 0 Å². The number of carboxylic acids is 1. The summed E-state index contributed by atoms with van der Waals surface area (Å²) in [4.78, 5) is 47.0. The molecule has 2 heterocycles. The Morgan fingerprint density at radius 1 is 1.05 bits per heavy atom. The van der Waals surface area contributed by atoms with Crippen LogP contribution in [0, 0.1) is 17.7 Å². The number of benzene rings is 1. The summed E-state index contributed by atoms with van der Waals surface area (Å²) in [6.07, 6.45) is 1.25. The average molecular weight is 588 g/mol. The summed E-state index contributed by atoms with van der Waals surface area (Å²) in [6.45, 7) is 5.40. The third-order valence-electron chi connectivity index (χ3n) is 7.21. The van der Waals surface area contributed by atoms with Crippen molar-refractivity contribution in [2.24, 2.45) is 11.8 Å². The number of aromatic nitrogens is 2. The number of nitrogens with zero attached hydrogens (tertiary/aromatic N) is 3. The molecule has 4 rings (SSSR count). The Bertz CT molecular complexity index is 1490. The van der Waals surface area contributed by atoms with Gasteiger partial charge in [0, 0.05) is 53.8 Å². The molecule has 0 bridgehead atoms. The van der Waals surface area contributed by atoms with E-state index in [0.29, 0.717) is 24.8 Å². The molecule has 1 amide bonds. The fraction of sp³-hybridized carbons (Fsp3) is 0.367. The number of anilines is 1. The second kappa shape index (κ2) is 12.3. The maximum absolute atomic E-state index is 15.4. The number of carboxylic acid groups (broad SMARTS) is 1. The predicted molar refractivity (Wildman–Crippen MR) is 144 cm³/mol. The van der Waals surface area contributed by atoms with Gasteiger partial charge in [0.2, 0.25) is 11.8 Å². The normalized spacial score (nSPS) is 17.1. The topological polar surface area (TPSA) is 110 Å². The van der Waals surface area contributed by atoms with Gasteiger partial charge in [-0.15, -0.1) is 0 Å². The molecule has 0 unspecified atom stereocenters. The summed E-state index contributed by atoms with van der Waals surface area (Å²) in [5, 5.41) is 9.94. The van der Waals surface area contributed by atoms with Crippen molar-refractivity contribution in [2.75, 3.05) is 4.90 Å². The van der Waals surface area contributed by atoms with Crippen molar-refractivity contribution in [1.29, 1.82) is 0 Å². The summed E-state index contributed by atoms with van der Waals surface area (Å²) in [7, 11) is 0. The van der Waals surface area contributed by atoms with Crippen LogP contribution in [0.4, 0.5) is 23.2 Å². The Labute approximate surface area is 239 Å². The minimum atomic E-state index is -5.06. The first-order valence-corrected chi connectivity index (χ1v) is 13.4. The Kier molecular flexibility index (Phi) is 8.93. The molecule has 42 heavy (non-hydrogen) atoms. The van der Waals surface area contributed by atoms with Crippen molar-refractivity contribution in [1.82, 2.24) is 9.97 Å². The monoisotopic (exact) mass is 587 g/mol. The fourth-order valence-electron chi connectivity index (χ4n) is 4.98. The van der Waals surface area contributed by atoms with Crippen LogP contribution in [0.3, 0.4) is 0 Å². The fourth-order valence-corrected chi connectivity index (χ4v) is 4.98. The van der Waals surface area contributed by atoms with Crippen molar-refractivity contribution in [3.05, 3.63) is 77.0 Å². The van der Waals surface area contributed by atoms with Crippen LogP contribution < -0.4 is 9.64 Å². The van der Waals surface area contributed by atoms with Crippen LogP contribution in [0.25, 0.3) is 0 Å². The third kappa shape index (κ3) is 6.58. The molecular weight excluding hydrogens is 558 g/mol. The minimum absolute atomic E-state index is 0.0285. The van der Waals surface area contributed by atoms with E-state index < -0.39 is 58.1 Å². The molecule has 1 aliphatic rings. The molecule has 1 N–H and O–H groups in total. The quantitative estimate of drug-likeness (QED) is 0.225. The van der Waals surface area contributed by atoms with E-state index in [4.69, 9.17) is 4.74 Å². The molecule has 1 aliphatic carbocycles. The molecule has 12 heteroatoms. The van der Waals surface area contributed by atoms with Gasteiger partial charge in [-0.3, -0.25) is 14.6 Å². The van der Waals surface area contributed by atoms with E-state index in [1.54, 1.807) is 13.8 Å². The van der Waals surface area contributed by atoms with Crippen molar-refractivity contribution in [3.8, 4) is 11.6 Å². The highest BCUT2D eigenvalue weighted by molar-refractivity contribution is 6.08. The largest absolute Gasteiger partial charge is 0.478 e. The molecule has 222 valence electrons. The zero-order chi connectivity index (χ0) is 30.8. The van der Waals surface area contributed by atoms with Gasteiger partial charge >= 0.3 is 12.1 Å². The second-order valence-corrected chi connectivity index (χ2v) is 10.6. The molecule has 0 radical (unpaired) electrons. The Hall–Kier alpha value is -4.35. The van der Waals surface area contributed by atoms with Gasteiger partial charge in [0.15, 0.2) is 17.3 Å². The maximum atomic E-state index is 15.4. The number of carbonyl (C=O) groups is 3. The summed E-state index contributed by atoms with van der Waals surface area (Å²) in [6, 6.07) is 4.30. The van der Waals surface area contributed by atoms with E-state index in [9.17, 15) is 32.7 Å². The van der Waals surface area contributed by atoms with Crippen molar-refractivity contribution < 1.29 is 41.8 Å². The molecule has 1 fully saturated rings. The summed E-state index contributed by atoms with van der Waals surface area (Å²) in [5.41, 5.74) is -2.61. The number of hydrogen-bond donors (Lipinski definition) is 1. The van der Waals surface area contributed by atoms with Crippen molar-refractivity contribution >= 4 is 23.3 Å². The number of alkyl halides is 3. The lowest BCUT2D eigenvalue weighted by atomic mass is 9.82. The number of carbonyl (C=O) groups excluding carboxylic acids is 2. The van der Waals surface area contributed by atoms with Gasteiger partial charge in [0.25, 0.3) is 0 Å². The number of ketones is 1. The summed E-state index contributed by atoms with van der Waals surface area (Å²) < 4.78 is 62.5. The van der Waals surface area contributed by atoms with E-state index in [2.05, 4.69) is 16.9 Å². The molecule has 1 aromatic carbocycles. The number of ether oxygens (including phenoxy) is 1. The van der Waals surface area contributed by atoms with Crippen LogP contribution in [0.2, 0.25) is 0 Å². The first kappa shape index (κ1) is 30.6. The molecule has 0 spiro atoms. The van der Waals surface area contributed by atoms with E-state index >= 15 is 4.39 Å².